The summed E-state index contributed by atoms with van der Waals surface area (Å²) in [5.41, 5.74) is 7.83. The number of hydrogen-bond donors (Lipinski definition) is 0. The molecule has 0 spiro atoms. The van der Waals surface area contributed by atoms with E-state index in [4.69, 9.17) is 9.72 Å². The van der Waals surface area contributed by atoms with E-state index < -0.39 is 0 Å². The smallest absolute Gasteiger partial charge is 0.308 e. The van der Waals surface area contributed by atoms with Crippen LogP contribution in [0.2, 0.25) is 0 Å². The average Bonchev–Trinajstić information content (AvgIpc) is 3.51. The van der Waals surface area contributed by atoms with Gasteiger partial charge in [-0.2, -0.15) is 0 Å². The molecule has 0 bridgehead atoms. The van der Waals surface area contributed by atoms with Gasteiger partial charge in [-0.3, -0.25) is 9.69 Å². The molecule has 0 N–H and O–H groups in total. The molecule has 2 aromatic rings. The maximum Gasteiger partial charge on any atom is 0.308 e. The van der Waals surface area contributed by atoms with Crippen molar-refractivity contribution in [3.05, 3.63) is 125 Å². The Bertz CT molecular complexity index is 1600. The number of esters is 1. The molecule has 0 aliphatic carbocycles. The van der Waals surface area contributed by atoms with Crippen LogP contribution in [0.4, 0.5) is 0 Å². The summed E-state index contributed by atoms with van der Waals surface area (Å²) >= 11 is 0. The number of rotatable bonds is 18. The second-order valence-corrected chi connectivity index (χ2v) is 12.9. The molecule has 2 rings (SSSR count). The molecule has 1 aromatic carbocycles. The summed E-state index contributed by atoms with van der Waals surface area (Å²) in [7, 11) is 2.13. The van der Waals surface area contributed by atoms with Crippen LogP contribution in [0.3, 0.4) is 0 Å². The number of allylic oxidation sites excluding steroid dienone is 9. The molecule has 0 aliphatic rings. The number of carbonyl (C=O) groups is 1. The Morgan fingerprint density at radius 2 is 1.74 bits per heavy atom. The Morgan fingerprint density at radius 1 is 1.06 bits per heavy atom. The van der Waals surface area contributed by atoms with E-state index in [0.717, 1.165) is 85.4 Å². The van der Waals surface area contributed by atoms with Crippen molar-refractivity contribution in [2.75, 3.05) is 13.6 Å². The summed E-state index contributed by atoms with van der Waals surface area (Å²) in [4.78, 5) is 19.3. The van der Waals surface area contributed by atoms with E-state index in [9.17, 15) is 4.79 Å². The second-order valence-electron chi connectivity index (χ2n) is 12.9. The predicted molar refractivity (Wildman–Crippen MR) is 232 cm³/mol. The molecule has 5 nitrogen and oxygen atoms in total. The first-order chi connectivity index (χ1) is 25.5. The highest BCUT2D eigenvalue weighted by atomic mass is 16.5. The summed E-state index contributed by atoms with van der Waals surface area (Å²) in [6.45, 7) is 32.4. The summed E-state index contributed by atoms with van der Waals surface area (Å²) in [5.74, 6) is 7.38. The molecule has 5 heteroatoms. The Hall–Kier alpha value is -4.40. The number of carbonyl (C=O) groups excluding carboxylic acids is 1. The third-order valence-electron chi connectivity index (χ3n) is 8.45. The van der Waals surface area contributed by atoms with Crippen molar-refractivity contribution >= 4 is 5.97 Å². The second kappa shape index (κ2) is 29.1. The van der Waals surface area contributed by atoms with Gasteiger partial charge in [-0.05, 0) is 83.2 Å². The van der Waals surface area contributed by atoms with E-state index in [-0.39, 0.29) is 11.9 Å². The summed E-state index contributed by atoms with van der Waals surface area (Å²) in [6, 6.07) is 10.5. The van der Waals surface area contributed by atoms with E-state index in [0.29, 0.717) is 12.3 Å². The van der Waals surface area contributed by atoms with Crippen molar-refractivity contribution in [3.63, 3.8) is 0 Å². The maximum absolute atomic E-state index is 11.7. The van der Waals surface area contributed by atoms with Crippen LogP contribution in [-0.4, -0.2) is 34.0 Å². The Balaban J connectivity index is 0.00000194. The predicted octanol–water partition coefficient (Wildman–Crippen LogP) is 13.1. The minimum Gasteiger partial charge on any atom is -0.427 e. The molecule has 0 radical (unpaired) electrons. The summed E-state index contributed by atoms with van der Waals surface area (Å²) in [6.07, 6.45) is 20.5. The fourth-order valence-electron chi connectivity index (χ4n) is 5.54. The largest absolute Gasteiger partial charge is 0.427 e. The highest BCUT2D eigenvalue weighted by molar-refractivity contribution is 5.68. The van der Waals surface area contributed by atoms with Gasteiger partial charge in [0.05, 0.1) is 11.4 Å². The number of benzene rings is 1. The first-order valence-electron chi connectivity index (χ1n) is 19.6. The number of nitrogens with zero attached hydrogens (tertiary/aromatic N) is 3. The number of ether oxygens (including phenoxy) is 1. The number of hydrogen-bond acceptors (Lipinski definition) is 4. The highest BCUT2D eigenvalue weighted by Gasteiger charge is 2.22. The first kappa shape index (κ1) is 48.6. The Morgan fingerprint density at radius 3 is 2.28 bits per heavy atom. The molecular formula is C48H71N3O2. The molecular weight excluding hydrogens is 651 g/mol. The van der Waals surface area contributed by atoms with Gasteiger partial charge in [-0.15, -0.1) is 0 Å². The molecule has 0 amide bonds. The molecule has 1 heterocycles. The lowest BCUT2D eigenvalue weighted by atomic mass is 10.0. The highest BCUT2D eigenvalue weighted by Crippen LogP contribution is 2.30. The van der Waals surface area contributed by atoms with Gasteiger partial charge in [0, 0.05) is 44.5 Å². The third-order valence-corrected chi connectivity index (χ3v) is 8.45. The van der Waals surface area contributed by atoms with Crippen LogP contribution in [0.5, 0.6) is 0 Å². The fraction of sp³-hybridized carbons (Fsp3) is 0.458. The van der Waals surface area contributed by atoms with Gasteiger partial charge >= 0.3 is 5.97 Å². The van der Waals surface area contributed by atoms with E-state index in [1.54, 1.807) is 6.08 Å². The number of aromatic nitrogens is 2. The molecule has 0 saturated heterocycles. The van der Waals surface area contributed by atoms with Crippen LogP contribution in [-0.2, 0) is 22.6 Å². The lowest BCUT2D eigenvalue weighted by Crippen LogP contribution is -2.23. The van der Waals surface area contributed by atoms with E-state index in [1.807, 2.05) is 33.8 Å². The minimum absolute atomic E-state index is 0.188. The molecule has 0 aliphatic heterocycles. The van der Waals surface area contributed by atoms with Gasteiger partial charge in [0.25, 0.3) is 0 Å². The zero-order chi connectivity index (χ0) is 40.2. The SMILES string of the molecule is C=C(/C=C(C)\C(OC(C)=O)=C(\C)CC)CN(C)Cc1c(C(C)/C=C\C/C=C\C)nc(-c2ccccc2)n1CCCC.C=CC#CC/C(=C\C)CC.CC. The van der Waals surface area contributed by atoms with Crippen LogP contribution in [0.1, 0.15) is 132 Å². The van der Waals surface area contributed by atoms with Gasteiger partial charge in [-0.25, -0.2) is 4.98 Å². The fourth-order valence-corrected chi connectivity index (χ4v) is 5.54. The van der Waals surface area contributed by atoms with Gasteiger partial charge < -0.3 is 9.30 Å². The van der Waals surface area contributed by atoms with Gasteiger partial charge in [0.2, 0.25) is 0 Å². The van der Waals surface area contributed by atoms with E-state index in [1.165, 1.54) is 18.2 Å². The number of unbranched alkanes of at least 4 members (excludes halogenated alkanes) is 1. The van der Waals surface area contributed by atoms with Crippen LogP contribution in [0.25, 0.3) is 11.4 Å². The monoisotopic (exact) mass is 722 g/mol. The van der Waals surface area contributed by atoms with Crippen molar-refractivity contribution in [3.8, 4) is 23.2 Å². The zero-order valence-corrected chi connectivity index (χ0v) is 35.4. The van der Waals surface area contributed by atoms with Crippen molar-refractivity contribution in [2.24, 2.45) is 0 Å². The topological polar surface area (TPSA) is 47.4 Å². The van der Waals surface area contributed by atoms with Crippen LogP contribution >= 0.6 is 0 Å². The number of imidazole rings is 1. The molecule has 1 unspecified atom stereocenters. The Labute approximate surface area is 325 Å². The lowest BCUT2D eigenvalue weighted by Gasteiger charge is -2.21. The van der Waals surface area contributed by atoms with Crippen molar-refractivity contribution < 1.29 is 9.53 Å². The van der Waals surface area contributed by atoms with Gasteiger partial charge in [0.15, 0.2) is 0 Å². The molecule has 53 heavy (non-hydrogen) atoms. The van der Waals surface area contributed by atoms with Crippen molar-refractivity contribution in [1.82, 2.24) is 14.5 Å². The van der Waals surface area contributed by atoms with Gasteiger partial charge in [0.1, 0.15) is 11.6 Å². The van der Waals surface area contributed by atoms with Crippen molar-refractivity contribution in [2.45, 2.75) is 134 Å². The zero-order valence-electron chi connectivity index (χ0n) is 35.4. The standard InChI is InChI=1S/C36H51N3O2.C10H14.C2H6/c1-10-13-15-17-20-29(6)34-33(39(23-14-11-2)36(37-34)32-21-18-16-19-22-32)26-38(9)25-27(4)24-30(7)35(28(5)12-3)41-31(8)40;1-4-7-8-9-10(5-2)6-3;1-2/h10,13,16-22,24,29H,4,11-12,14-15,23,25-26H2,1-3,5-9H3;4-5H,1,6,9H2,2-3H3;1-2H3/b13-10-,20-17-,30-24-,35-28+;10-5-;. The summed E-state index contributed by atoms with van der Waals surface area (Å²) < 4.78 is 7.98. The van der Waals surface area contributed by atoms with E-state index in [2.05, 4.69) is 144 Å². The molecule has 1 atom stereocenters. The van der Waals surface area contributed by atoms with Crippen molar-refractivity contribution in [1.29, 1.82) is 0 Å². The van der Waals surface area contributed by atoms with Gasteiger partial charge in [-0.1, -0.05) is 145 Å². The summed E-state index contributed by atoms with van der Waals surface area (Å²) in [5, 5.41) is 0. The van der Waals surface area contributed by atoms with Crippen LogP contribution in [0, 0.1) is 11.8 Å². The lowest BCUT2D eigenvalue weighted by molar-refractivity contribution is -0.136. The Kier molecular flexibility index (Phi) is 26.7. The third kappa shape index (κ3) is 18.8. The average molecular weight is 722 g/mol. The molecule has 290 valence electrons. The molecule has 1 aromatic heterocycles. The normalized spacial score (nSPS) is 12.6. The maximum atomic E-state index is 11.7. The van der Waals surface area contributed by atoms with Crippen LogP contribution < -0.4 is 0 Å². The van der Waals surface area contributed by atoms with Crippen LogP contribution in [0.15, 0.2) is 114 Å². The molecule has 0 saturated carbocycles. The molecule has 0 fully saturated rings. The number of likely N-dealkylation sites (N-methyl/N-ethyl adjacent to an activating group) is 1. The van der Waals surface area contributed by atoms with E-state index >= 15 is 0 Å². The minimum atomic E-state index is -0.306. The quantitative estimate of drug-likeness (QED) is 0.0505. The first-order valence-corrected chi connectivity index (χ1v) is 19.6.